The van der Waals surface area contributed by atoms with Gasteiger partial charge in [-0.05, 0) is 38.5 Å². The summed E-state index contributed by atoms with van der Waals surface area (Å²) in [6, 6.07) is -0.932. The number of hydrogen-bond acceptors (Lipinski definition) is 13. The Labute approximate surface area is 391 Å². The van der Waals surface area contributed by atoms with Crippen molar-refractivity contribution in [2.75, 3.05) is 19.8 Å². The third kappa shape index (κ3) is 25.4. The molecule has 380 valence electrons. The summed E-state index contributed by atoms with van der Waals surface area (Å²) in [5.74, 6) is -0.254. The van der Waals surface area contributed by atoms with Gasteiger partial charge in [0.2, 0.25) is 5.91 Å². The zero-order chi connectivity index (χ0) is 47.5. The second-order valence-electron chi connectivity index (χ2n) is 18.3. The van der Waals surface area contributed by atoms with Gasteiger partial charge >= 0.3 is 0 Å². The fourth-order valence-electron chi connectivity index (χ4n) is 8.33. The van der Waals surface area contributed by atoms with Crippen LogP contribution >= 0.6 is 0 Å². The van der Waals surface area contributed by atoms with Gasteiger partial charge in [0.05, 0.1) is 32.0 Å². The van der Waals surface area contributed by atoms with E-state index in [1.807, 2.05) is 6.08 Å². The Morgan fingerprint density at radius 1 is 0.538 bits per heavy atom. The Kier molecular flexibility index (Phi) is 34.8. The van der Waals surface area contributed by atoms with Crippen molar-refractivity contribution in [3.8, 4) is 0 Å². The number of rotatable bonds is 39. The van der Waals surface area contributed by atoms with E-state index in [-0.39, 0.29) is 18.9 Å². The van der Waals surface area contributed by atoms with Crippen LogP contribution in [0.2, 0.25) is 0 Å². The van der Waals surface area contributed by atoms with E-state index >= 15 is 0 Å². The highest BCUT2D eigenvalue weighted by Crippen LogP contribution is 2.30. The molecule has 9 N–H and O–H groups in total. The number of allylic oxidation sites excluding steroid dienone is 5. The van der Waals surface area contributed by atoms with Gasteiger partial charge in [-0.1, -0.05) is 179 Å². The van der Waals surface area contributed by atoms with Gasteiger partial charge in [-0.15, -0.1) is 0 Å². The van der Waals surface area contributed by atoms with Crippen molar-refractivity contribution in [2.24, 2.45) is 0 Å². The van der Waals surface area contributed by atoms with Crippen molar-refractivity contribution in [3.05, 3.63) is 36.5 Å². The van der Waals surface area contributed by atoms with E-state index < -0.39 is 86.8 Å². The summed E-state index contributed by atoms with van der Waals surface area (Å²) < 4.78 is 22.6. The molecule has 65 heavy (non-hydrogen) atoms. The van der Waals surface area contributed by atoms with Gasteiger partial charge in [0.15, 0.2) is 12.6 Å². The van der Waals surface area contributed by atoms with Gasteiger partial charge in [-0.2, -0.15) is 0 Å². The Morgan fingerprint density at radius 3 is 1.48 bits per heavy atom. The molecule has 2 aliphatic heterocycles. The molecule has 1 amide bonds. The zero-order valence-corrected chi connectivity index (χ0v) is 40.2. The van der Waals surface area contributed by atoms with Gasteiger partial charge in [0, 0.05) is 6.42 Å². The molecule has 2 rings (SSSR count). The zero-order valence-electron chi connectivity index (χ0n) is 40.2. The molecule has 2 fully saturated rings. The van der Waals surface area contributed by atoms with Crippen LogP contribution in [0.25, 0.3) is 0 Å². The quantitative estimate of drug-likeness (QED) is 0.0231. The molecule has 2 aliphatic rings. The van der Waals surface area contributed by atoms with Gasteiger partial charge in [0.1, 0.15) is 48.8 Å². The number of ether oxygens (including phenoxy) is 4. The van der Waals surface area contributed by atoms with E-state index in [1.54, 1.807) is 6.08 Å². The van der Waals surface area contributed by atoms with Crippen LogP contribution in [0.4, 0.5) is 0 Å². The molecular weight excluding hydrogens is 835 g/mol. The van der Waals surface area contributed by atoms with Crippen LogP contribution in [0.1, 0.15) is 187 Å². The molecule has 2 heterocycles. The van der Waals surface area contributed by atoms with Crippen LogP contribution in [-0.4, -0.2) is 140 Å². The molecule has 0 aromatic rings. The predicted molar refractivity (Wildman–Crippen MR) is 254 cm³/mol. The summed E-state index contributed by atoms with van der Waals surface area (Å²) in [4.78, 5) is 13.2. The fourth-order valence-corrected chi connectivity index (χ4v) is 8.33. The highest BCUT2D eigenvalue weighted by atomic mass is 16.7. The highest BCUT2D eigenvalue weighted by Gasteiger charge is 2.51. The van der Waals surface area contributed by atoms with Crippen molar-refractivity contribution < 1.29 is 64.6 Å². The summed E-state index contributed by atoms with van der Waals surface area (Å²) >= 11 is 0. The molecule has 12 atom stereocenters. The smallest absolute Gasteiger partial charge is 0.220 e. The minimum absolute atomic E-state index is 0.254. The number of carbonyl (C=O) groups is 1. The number of hydrogen-bond donors (Lipinski definition) is 9. The average molecular weight is 928 g/mol. The van der Waals surface area contributed by atoms with Crippen molar-refractivity contribution in [1.29, 1.82) is 0 Å². The van der Waals surface area contributed by atoms with E-state index in [0.717, 1.165) is 51.4 Å². The Morgan fingerprint density at radius 2 is 0.985 bits per heavy atom. The lowest BCUT2D eigenvalue weighted by molar-refractivity contribution is -0.359. The molecule has 14 nitrogen and oxygen atoms in total. The minimum atomic E-state index is -1.79. The number of carbonyl (C=O) groups excluding carboxylic acids is 1. The molecule has 0 aromatic carbocycles. The first-order valence-corrected chi connectivity index (χ1v) is 25.7. The molecule has 0 saturated carbocycles. The molecule has 12 unspecified atom stereocenters. The van der Waals surface area contributed by atoms with Crippen molar-refractivity contribution in [1.82, 2.24) is 5.32 Å². The standard InChI is InChI=1S/C51H93NO13/c1-3-5-7-9-11-13-15-16-17-18-19-20-21-22-23-25-27-29-31-33-35-43(56)52-39(40(55)34-32-30-28-26-24-14-12-10-8-6-4-2)38-62-50-48(61)46(59)49(42(37-54)64-50)65-51-47(60)45(58)44(57)41(36-53)63-51/h8,10,24,26,32,34,39-42,44-51,53-55,57-61H,3-7,9,11-23,25,27-31,33,35-38H2,1-2H3,(H,52,56)/b10-8+,26-24+,34-32+. The lowest BCUT2D eigenvalue weighted by Crippen LogP contribution is -2.65. The van der Waals surface area contributed by atoms with Crippen LogP contribution in [0.15, 0.2) is 36.5 Å². The number of aliphatic hydroxyl groups is 8. The van der Waals surface area contributed by atoms with E-state index in [9.17, 15) is 45.6 Å². The van der Waals surface area contributed by atoms with Gasteiger partial charge in [-0.25, -0.2) is 0 Å². The summed E-state index contributed by atoms with van der Waals surface area (Å²) in [5.41, 5.74) is 0. The van der Waals surface area contributed by atoms with Crippen LogP contribution in [0.3, 0.4) is 0 Å². The maximum Gasteiger partial charge on any atom is 0.220 e. The van der Waals surface area contributed by atoms with E-state index in [1.165, 1.54) is 103 Å². The summed E-state index contributed by atoms with van der Waals surface area (Å²) in [6.07, 6.45) is 26.3. The highest BCUT2D eigenvalue weighted by molar-refractivity contribution is 5.76. The van der Waals surface area contributed by atoms with Gasteiger partial charge in [-0.3, -0.25) is 4.79 Å². The first-order valence-electron chi connectivity index (χ1n) is 25.7. The predicted octanol–water partition coefficient (Wildman–Crippen LogP) is 6.71. The van der Waals surface area contributed by atoms with Crippen LogP contribution in [-0.2, 0) is 23.7 Å². The molecule has 0 aromatic heterocycles. The largest absolute Gasteiger partial charge is 0.394 e. The molecule has 0 bridgehead atoms. The average Bonchev–Trinajstić information content (AvgIpc) is 3.30. The normalized spacial score (nSPS) is 27.3. The Bertz CT molecular complexity index is 1230. The maximum absolute atomic E-state index is 13.2. The Balaban J connectivity index is 1.80. The molecule has 2 saturated heterocycles. The third-order valence-corrected chi connectivity index (χ3v) is 12.5. The Hall–Kier alpha value is -1.79. The van der Waals surface area contributed by atoms with E-state index in [4.69, 9.17) is 18.9 Å². The fraction of sp³-hybridized carbons (Fsp3) is 0.863. The van der Waals surface area contributed by atoms with E-state index in [0.29, 0.717) is 12.8 Å². The molecule has 0 radical (unpaired) electrons. The first-order chi connectivity index (χ1) is 31.6. The van der Waals surface area contributed by atoms with Crippen LogP contribution in [0, 0.1) is 0 Å². The summed E-state index contributed by atoms with van der Waals surface area (Å²) in [7, 11) is 0. The molecular formula is C51H93NO13. The summed E-state index contributed by atoms with van der Waals surface area (Å²) in [6.45, 7) is 2.68. The van der Waals surface area contributed by atoms with Crippen LogP contribution < -0.4 is 5.32 Å². The second kappa shape index (κ2) is 38.1. The van der Waals surface area contributed by atoms with Gasteiger partial charge in [0.25, 0.3) is 0 Å². The molecule has 0 aliphatic carbocycles. The summed E-state index contributed by atoms with van der Waals surface area (Å²) in [5, 5.41) is 86.6. The first kappa shape index (κ1) is 59.3. The minimum Gasteiger partial charge on any atom is -0.394 e. The number of nitrogens with one attached hydrogen (secondary N) is 1. The van der Waals surface area contributed by atoms with E-state index in [2.05, 4.69) is 43.5 Å². The van der Waals surface area contributed by atoms with Gasteiger partial charge < -0.3 is 65.1 Å². The lowest BCUT2D eigenvalue weighted by Gasteiger charge is -2.46. The SMILES string of the molecule is CCC/C=C/CC/C=C/CC/C=C/C(O)C(COC1OC(CO)C(OC2OC(CO)C(O)C(O)C2O)C(O)C1O)NC(=O)CCCCCCCCCCCCCCCCCCCCCC. The molecule has 14 heteroatoms. The maximum atomic E-state index is 13.2. The monoisotopic (exact) mass is 928 g/mol. The number of unbranched alkanes of at least 4 members (excludes halogenated alkanes) is 22. The number of amides is 1. The molecule has 0 spiro atoms. The second-order valence-corrected chi connectivity index (χ2v) is 18.3. The van der Waals surface area contributed by atoms with Crippen molar-refractivity contribution in [2.45, 2.75) is 261 Å². The van der Waals surface area contributed by atoms with Crippen LogP contribution in [0.5, 0.6) is 0 Å². The third-order valence-electron chi connectivity index (χ3n) is 12.5. The lowest BCUT2D eigenvalue weighted by atomic mass is 9.97. The topological polar surface area (TPSA) is 228 Å². The number of aliphatic hydroxyl groups excluding tert-OH is 8. The van der Waals surface area contributed by atoms with Crippen molar-refractivity contribution in [3.63, 3.8) is 0 Å². The van der Waals surface area contributed by atoms with Crippen molar-refractivity contribution >= 4 is 5.91 Å².